The molecule has 0 bridgehead atoms. The van der Waals surface area contributed by atoms with Crippen LogP contribution in [0.1, 0.15) is 30.1 Å². The predicted molar refractivity (Wildman–Crippen MR) is 89.4 cm³/mol. The van der Waals surface area contributed by atoms with Gasteiger partial charge >= 0.3 is 5.97 Å². The number of carbonyl (C=O) groups excluding carboxylic acids is 1. The molecule has 1 aromatic heterocycles. The van der Waals surface area contributed by atoms with E-state index in [0.717, 1.165) is 0 Å². The van der Waals surface area contributed by atoms with Crippen molar-refractivity contribution in [2.75, 3.05) is 6.54 Å². The average molecular weight is 341 g/mol. The Balaban J connectivity index is 1.78. The van der Waals surface area contributed by atoms with Gasteiger partial charge in [0.2, 0.25) is 5.88 Å². The quantitative estimate of drug-likeness (QED) is 0.919. The second kappa shape index (κ2) is 7.29. The number of hydrogen-bond donors (Lipinski definition) is 1. The minimum atomic E-state index is -0.857. The number of rotatable bonds is 4. The van der Waals surface area contributed by atoms with Crippen molar-refractivity contribution < 1.29 is 19.4 Å². The standard InChI is InChI=1S/C18H19N3O4/c1-12-15(18(23)24)6-3-9-21(12)17(22)13-4-2-5-14(10-13)25-16-11-19-7-8-20-16/h2,4-5,7-8,10-12,15H,3,6,9H2,1H3,(H,23,24)/t12-,15-/m1/s1. The number of carbonyl (C=O) groups is 2. The molecule has 1 fully saturated rings. The maximum atomic E-state index is 12.8. The Morgan fingerprint density at radius 1 is 1.32 bits per heavy atom. The first kappa shape index (κ1) is 16.9. The van der Waals surface area contributed by atoms with E-state index in [1.54, 1.807) is 42.3 Å². The van der Waals surface area contributed by atoms with Crippen LogP contribution >= 0.6 is 0 Å². The van der Waals surface area contributed by atoms with Gasteiger partial charge in [-0.3, -0.25) is 14.6 Å². The highest BCUT2D eigenvalue weighted by molar-refractivity contribution is 5.95. The van der Waals surface area contributed by atoms with Gasteiger partial charge in [0.1, 0.15) is 5.75 Å². The normalized spacial score (nSPS) is 20.1. The number of aromatic nitrogens is 2. The molecular formula is C18H19N3O4. The Kier molecular flexibility index (Phi) is 4.92. The molecule has 130 valence electrons. The van der Waals surface area contributed by atoms with Crippen LogP contribution in [0.2, 0.25) is 0 Å². The minimum Gasteiger partial charge on any atom is -0.481 e. The lowest BCUT2D eigenvalue weighted by Crippen LogP contribution is -2.49. The Bertz CT molecular complexity index is 766. The molecule has 0 spiro atoms. The summed E-state index contributed by atoms with van der Waals surface area (Å²) in [5.74, 6) is -0.764. The summed E-state index contributed by atoms with van der Waals surface area (Å²) in [5.41, 5.74) is 0.458. The topological polar surface area (TPSA) is 92.6 Å². The van der Waals surface area contributed by atoms with E-state index in [2.05, 4.69) is 9.97 Å². The summed E-state index contributed by atoms with van der Waals surface area (Å²) >= 11 is 0. The largest absolute Gasteiger partial charge is 0.481 e. The molecule has 1 amide bonds. The van der Waals surface area contributed by atoms with Crippen molar-refractivity contribution in [2.45, 2.75) is 25.8 Å². The molecule has 25 heavy (non-hydrogen) atoms. The Morgan fingerprint density at radius 3 is 2.88 bits per heavy atom. The van der Waals surface area contributed by atoms with Crippen molar-refractivity contribution in [1.29, 1.82) is 0 Å². The zero-order valence-electron chi connectivity index (χ0n) is 13.8. The van der Waals surface area contributed by atoms with Crippen molar-refractivity contribution in [2.24, 2.45) is 5.92 Å². The second-order valence-corrected chi connectivity index (χ2v) is 6.00. The summed E-state index contributed by atoms with van der Waals surface area (Å²) in [6.07, 6.45) is 5.83. The van der Waals surface area contributed by atoms with E-state index in [9.17, 15) is 14.7 Å². The van der Waals surface area contributed by atoms with Gasteiger partial charge < -0.3 is 14.7 Å². The molecule has 1 N–H and O–H groups in total. The molecule has 0 aliphatic carbocycles. The molecule has 3 rings (SSSR count). The molecule has 7 nitrogen and oxygen atoms in total. The van der Waals surface area contributed by atoms with Gasteiger partial charge in [0.25, 0.3) is 5.91 Å². The molecule has 1 aliphatic heterocycles. The highest BCUT2D eigenvalue weighted by Crippen LogP contribution is 2.27. The highest BCUT2D eigenvalue weighted by Gasteiger charge is 2.35. The molecule has 1 saturated heterocycles. The van der Waals surface area contributed by atoms with Crippen molar-refractivity contribution in [3.8, 4) is 11.6 Å². The second-order valence-electron chi connectivity index (χ2n) is 6.00. The van der Waals surface area contributed by atoms with Crippen LogP contribution in [0.15, 0.2) is 42.9 Å². The third kappa shape index (κ3) is 3.76. The van der Waals surface area contributed by atoms with E-state index in [1.807, 2.05) is 0 Å². The van der Waals surface area contributed by atoms with E-state index in [-0.39, 0.29) is 11.9 Å². The zero-order valence-corrected chi connectivity index (χ0v) is 13.8. The summed E-state index contributed by atoms with van der Waals surface area (Å²) in [7, 11) is 0. The highest BCUT2D eigenvalue weighted by atomic mass is 16.5. The molecule has 2 atom stereocenters. The smallest absolute Gasteiger partial charge is 0.308 e. The summed E-state index contributed by atoms with van der Waals surface area (Å²) in [4.78, 5) is 33.8. The number of carboxylic acid groups (broad SMARTS) is 1. The van der Waals surface area contributed by atoms with Crippen LogP contribution in [0.4, 0.5) is 0 Å². The summed E-state index contributed by atoms with van der Waals surface area (Å²) < 4.78 is 5.60. The summed E-state index contributed by atoms with van der Waals surface area (Å²) in [6, 6.07) is 6.44. The first-order chi connectivity index (χ1) is 12.1. The van der Waals surface area contributed by atoms with E-state index >= 15 is 0 Å². The van der Waals surface area contributed by atoms with E-state index in [0.29, 0.717) is 36.6 Å². The van der Waals surface area contributed by atoms with Crippen LogP contribution in [-0.4, -0.2) is 44.4 Å². The number of nitrogens with zero attached hydrogens (tertiary/aromatic N) is 3. The fraction of sp³-hybridized carbons (Fsp3) is 0.333. The zero-order chi connectivity index (χ0) is 17.8. The van der Waals surface area contributed by atoms with Gasteiger partial charge in [-0.2, -0.15) is 0 Å². The van der Waals surface area contributed by atoms with Crippen LogP contribution in [0.25, 0.3) is 0 Å². The number of amides is 1. The predicted octanol–water partition coefficient (Wildman–Crippen LogP) is 2.59. The molecule has 0 saturated carbocycles. The van der Waals surface area contributed by atoms with Crippen LogP contribution in [0.5, 0.6) is 11.6 Å². The first-order valence-electron chi connectivity index (χ1n) is 8.14. The number of carboxylic acids is 1. The average Bonchev–Trinajstić information content (AvgIpc) is 2.62. The fourth-order valence-electron chi connectivity index (χ4n) is 3.08. The van der Waals surface area contributed by atoms with Crippen molar-refractivity contribution in [1.82, 2.24) is 14.9 Å². The molecular weight excluding hydrogens is 322 g/mol. The first-order valence-corrected chi connectivity index (χ1v) is 8.14. The Hall–Kier alpha value is -2.96. The molecule has 1 aliphatic rings. The summed E-state index contributed by atoms with van der Waals surface area (Å²) in [5, 5.41) is 9.32. The number of benzene rings is 1. The van der Waals surface area contributed by atoms with Gasteiger partial charge in [0.15, 0.2) is 0 Å². The number of likely N-dealkylation sites (tertiary alicyclic amines) is 1. The fourth-order valence-corrected chi connectivity index (χ4v) is 3.08. The third-order valence-corrected chi connectivity index (χ3v) is 4.41. The third-order valence-electron chi connectivity index (χ3n) is 4.41. The summed E-state index contributed by atoms with van der Waals surface area (Å²) in [6.45, 7) is 2.34. The van der Waals surface area contributed by atoms with Gasteiger partial charge in [0.05, 0.1) is 12.1 Å². The maximum Gasteiger partial charge on any atom is 0.308 e. The van der Waals surface area contributed by atoms with Crippen LogP contribution in [0, 0.1) is 5.92 Å². The van der Waals surface area contributed by atoms with Crippen molar-refractivity contribution >= 4 is 11.9 Å². The number of ether oxygens (including phenoxy) is 1. The monoisotopic (exact) mass is 341 g/mol. The van der Waals surface area contributed by atoms with Gasteiger partial charge in [-0.25, -0.2) is 4.98 Å². The lowest BCUT2D eigenvalue weighted by molar-refractivity contribution is -0.144. The molecule has 0 radical (unpaired) electrons. The van der Waals surface area contributed by atoms with Crippen LogP contribution in [0.3, 0.4) is 0 Å². The van der Waals surface area contributed by atoms with Crippen LogP contribution < -0.4 is 4.74 Å². The van der Waals surface area contributed by atoms with Crippen LogP contribution in [-0.2, 0) is 4.79 Å². The van der Waals surface area contributed by atoms with E-state index < -0.39 is 11.9 Å². The lowest BCUT2D eigenvalue weighted by atomic mass is 9.90. The molecule has 0 unspecified atom stereocenters. The van der Waals surface area contributed by atoms with Crippen molar-refractivity contribution in [3.63, 3.8) is 0 Å². The number of hydrogen-bond acceptors (Lipinski definition) is 5. The van der Waals surface area contributed by atoms with Crippen molar-refractivity contribution in [3.05, 3.63) is 48.4 Å². The SMILES string of the molecule is C[C@@H]1[C@H](C(=O)O)CCCN1C(=O)c1cccc(Oc2cnccn2)c1. The van der Waals surface area contributed by atoms with E-state index in [4.69, 9.17) is 4.74 Å². The van der Waals surface area contributed by atoms with Gasteiger partial charge in [-0.15, -0.1) is 0 Å². The Labute approximate surface area is 145 Å². The molecule has 2 heterocycles. The lowest BCUT2D eigenvalue weighted by Gasteiger charge is -2.37. The molecule has 7 heteroatoms. The van der Waals surface area contributed by atoms with Gasteiger partial charge in [-0.1, -0.05) is 6.07 Å². The molecule has 2 aromatic rings. The Morgan fingerprint density at radius 2 is 2.16 bits per heavy atom. The molecule has 1 aromatic carbocycles. The van der Waals surface area contributed by atoms with Gasteiger partial charge in [0, 0.05) is 30.5 Å². The van der Waals surface area contributed by atoms with E-state index in [1.165, 1.54) is 12.4 Å². The minimum absolute atomic E-state index is 0.192. The van der Waals surface area contributed by atoms with Gasteiger partial charge in [-0.05, 0) is 38.0 Å². The number of piperidine rings is 1. The maximum absolute atomic E-state index is 12.8. The number of aliphatic carboxylic acids is 1.